The van der Waals surface area contributed by atoms with Gasteiger partial charge in [0.25, 0.3) is 0 Å². The lowest BCUT2D eigenvalue weighted by atomic mass is 9.86. The fraction of sp³-hybridized carbons (Fsp3) is 1.00. The Hall–Kier alpha value is -0.0400. The molecule has 0 aromatic rings. The van der Waals surface area contributed by atoms with Gasteiger partial charge in [0.1, 0.15) is 0 Å². The summed E-state index contributed by atoms with van der Waals surface area (Å²) in [5.74, 6) is 0. The molecular weight excluding hydrogens is 182 g/mol. The minimum Gasteiger partial charge on any atom is -0.303 e. The third-order valence-corrected chi connectivity index (χ3v) is 3.63. The first-order valence-corrected chi connectivity index (χ1v) is 7.07. The molecule has 0 radical (unpaired) electrons. The molecule has 1 saturated heterocycles. The first-order chi connectivity index (χ1) is 7.35. The van der Waals surface area contributed by atoms with Crippen molar-refractivity contribution >= 4 is 0 Å². The van der Waals surface area contributed by atoms with E-state index >= 15 is 0 Å². The van der Waals surface area contributed by atoms with Gasteiger partial charge in [0.2, 0.25) is 0 Å². The summed E-state index contributed by atoms with van der Waals surface area (Å²) in [5, 5.41) is 0. The number of hydrogen-bond acceptors (Lipinski definition) is 1. The molecule has 0 N–H and O–H groups in total. The van der Waals surface area contributed by atoms with E-state index in [1.807, 2.05) is 27.7 Å². The Morgan fingerprint density at radius 2 is 1.47 bits per heavy atom. The molecule has 1 aliphatic carbocycles. The summed E-state index contributed by atoms with van der Waals surface area (Å²) in [6.45, 7) is 14.3. The Bertz CT molecular complexity index is 136. The van der Waals surface area contributed by atoms with Gasteiger partial charge in [0.05, 0.1) is 0 Å². The van der Waals surface area contributed by atoms with Crippen LogP contribution in [0.5, 0.6) is 0 Å². The first-order valence-electron chi connectivity index (χ1n) is 7.07. The second-order valence-corrected chi connectivity index (χ2v) is 4.33. The maximum atomic E-state index is 2.62. The molecule has 2 rings (SSSR count). The lowest BCUT2D eigenvalue weighted by Gasteiger charge is -2.22. The molecule has 0 amide bonds. The molecular formula is C14H31N. The summed E-state index contributed by atoms with van der Waals surface area (Å²) in [5.41, 5.74) is 0.788. The Morgan fingerprint density at radius 1 is 0.933 bits per heavy atom. The lowest BCUT2D eigenvalue weighted by Crippen LogP contribution is -2.24. The summed E-state index contributed by atoms with van der Waals surface area (Å²) < 4.78 is 0. The van der Waals surface area contributed by atoms with Crippen molar-refractivity contribution in [2.75, 3.05) is 19.6 Å². The topological polar surface area (TPSA) is 3.24 Å². The predicted octanol–water partition coefficient (Wildman–Crippen LogP) is 4.32. The Labute approximate surface area is 97.2 Å². The molecule has 1 nitrogen and oxygen atoms in total. The van der Waals surface area contributed by atoms with Crippen LogP contribution in [0.25, 0.3) is 0 Å². The van der Waals surface area contributed by atoms with E-state index in [2.05, 4.69) is 11.8 Å². The third-order valence-electron chi connectivity index (χ3n) is 3.63. The Balaban J connectivity index is 0.000000442. The van der Waals surface area contributed by atoms with Crippen molar-refractivity contribution in [1.29, 1.82) is 0 Å². The summed E-state index contributed by atoms with van der Waals surface area (Å²) >= 11 is 0. The van der Waals surface area contributed by atoms with E-state index in [1.54, 1.807) is 0 Å². The van der Waals surface area contributed by atoms with E-state index in [4.69, 9.17) is 0 Å². The maximum Gasteiger partial charge on any atom is 0.00383 e. The lowest BCUT2D eigenvalue weighted by molar-refractivity contribution is 0.269. The molecule has 0 aromatic carbocycles. The normalized spacial score (nSPS) is 23.0. The van der Waals surface area contributed by atoms with Crippen LogP contribution in [0.3, 0.4) is 0 Å². The standard InChI is InChI=1S/C10H19N.2C2H6/c1-2-11-8-7-10(9-11)5-3-4-6-10;2*1-2/h2-9H2,1H3;2*1-2H3. The molecule has 0 atom stereocenters. The molecule has 1 saturated carbocycles. The van der Waals surface area contributed by atoms with Crippen molar-refractivity contribution in [2.45, 2.75) is 66.7 Å². The Kier molecular flexibility index (Phi) is 8.13. The van der Waals surface area contributed by atoms with Gasteiger partial charge in [-0.15, -0.1) is 0 Å². The molecule has 1 heterocycles. The van der Waals surface area contributed by atoms with E-state index < -0.39 is 0 Å². The molecule has 2 fully saturated rings. The van der Waals surface area contributed by atoms with Crippen LogP contribution in [0, 0.1) is 5.41 Å². The summed E-state index contributed by atoms with van der Waals surface area (Å²) in [7, 11) is 0. The molecule has 1 heteroatoms. The molecule has 0 unspecified atom stereocenters. The van der Waals surface area contributed by atoms with Crippen molar-refractivity contribution in [3.05, 3.63) is 0 Å². The Morgan fingerprint density at radius 3 is 1.87 bits per heavy atom. The van der Waals surface area contributed by atoms with Crippen molar-refractivity contribution in [1.82, 2.24) is 4.90 Å². The average Bonchev–Trinajstić information content (AvgIpc) is 2.95. The van der Waals surface area contributed by atoms with Gasteiger partial charge < -0.3 is 4.90 Å². The fourth-order valence-electron chi connectivity index (χ4n) is 2.83. The van der Waals surface area contributed by atoms with Gasteiger partial charge in [-0.25, -0.2) is 0 Å². The smallest absolute Gasteiger partial charge is 0.00383 e. The highest BCUT2D eigenvalue weighted by atomic mass is 15.1. The van der Waals surface area contributed by atoms with Gasteiger partial charge in [0, 0.05) is 6.54 Å². The highest BCUT2D eigenvalue weighted by Gasteiger charge is 2.39. The molecule has 0 bridgehead atoms. The van der Waals surface area contributed by atoms with Crippen molar-refractivity contribution in [3.63, 3.8) is 0 Å². The molecule has 2 aliphatic rings. The van der Waals surface area contributed by atoms with Crippen LogP contribution in [0.1, 0.15) is 66.7 Å². The second kappa shape index (κ2) is 8.15. The van der Waals surface area contributed by atoms with Gasteiger partial charge in [-0.3, -0.25) is 0 Å². The minimum absolute atomic E-state index is 0.788. The maximum absolute atomic E-state index is 2.62. The highest BCUT2D eigenvalue weighted by molar-refractivity contribution is 4.92. The molecule has 15 heavy (non-hydrogen) atoms. The van der Waals surface area contributed by atoms with Crippen molar-refractivity contribution in [3.8, 4) is 0 Å². The molecule has 0 aromatic heterocycles. The van der Waals surface area contributed by atoms with Crippen LogP contribution in [0.2, 0.25) is 0 Å². The van der Waals surface area contributed by atoms with Gasteiger partial charge in [-0.05, 0) is 37.8 Å². The van der Waals surface area contributed by atoms with Gasteiger partial charge in [0.15, 0.2) is 0 Å². The fourth-order valence-corrected chi connectivity index (χ4v) is 2.83. The number of likely N-dealkylation sites (tertiary alicyclic amines) is 1. The van der Waals surface area contributed by atoms with E-state index in [1.165, 1.54) is 51.7 Å². The van der Waals surface area contributed by atoms with Crippen LogP contribution in [-0.4, -0.2) is 24.5 Å². The van der Waals surface area contributed by atoms with Crippen LogP contribution < -0.4 is 0 Å². The quantitative estimate of drug-likeness (QED) is 0.627. The third kappa shape index (κ3) is 4.14. The zero-order chi connectivity index (χ0) is 11.7. The number of hydrogen-bond donors (Lipinski definition) is 0. The molecule has 1 spiro atoms. The summed E-state index contributed by atoms with van der Waals surface area (Å²) in [6.07, 6.45) is 7.52. The van der Waals surface area contributed by atoms with Crippen molar-refractivity contribution in [2.24, 2.45) is 5.41 Å². The van der Waals surface area contributed by atoms with Crippen LogP contribution in [-0.2, 0) is 0 Å². The van der Waals surface area contributed by atoms with E-state index in [0.717, 1.165) is 5.41 Å². The first kappa shape index (κ1) is 15.0. The minimum atomic E-state index is 0.788. The van der Waals surface area contributed by atoms with E-state index in [0.29, 0.717) is 0 Å². The van der Waals surface area contributed by atoms with Crippen LogP contribution in [0.4, 0.5) is 0 Å². The monoisotopic (exact) mass is 213 g/mol. The van der Waals surface area contributed by atoms with Gasteiger partial charge >= 0.3 is 0 Å². The number of nitrogens with zero attached hydrogens (tertiary/aromatic N) is 1. The predicted molar refractivity (Wildman–Crippen MR) is 70.3 cm³/mol. The van der Waals surface area contributed by atoms with E-state index in [-0.39, 0.29) is 0 Å². The highest BCUT2D eigenvalue weighted by Crippen LogP contribution is 2.44. The number of rotatable bonds is 1. The zero-order valence-electron chi connectivity index (χ0n) is 11.6. The van der Waals surface area contributed by atoms with Gasteiger partial charge in [-0.2, -0.15) is 0 Å². The van der Waals surface area contributed by atoms with Crippen LogP contribution in [0.15, 0.2) is 0 Å². The largest absolute Gasteiger partial charge is 0.303 e. The average molecular weight is 213 g/mol. The SMILES string of the molecule is CC.CC.CCN1CCC2(CCCC2)C1. The van der Waals surface area contributed by atoms with Crippen molar-refractivity contribution < 1.29 is 0 Å². The molecule has 1 aliphatic heterocycles. The van der Waals surface area contributed by atoms with E-state index in [9.17, 15) is 0 Å². The molecule has 92 valence electrons. The van der Waals surface area contributed by atoms with Crippen LogP contribution >= 0.6 is 0 Å². The van der Waals surface area contributed by atoms with Gasteiger partial charge in [-0.1, -0.05) is 47.5 Å². The summed E-state index contributed by atoms with van der Waals surface area (Å²) in [6, 6.07) is 0. The summed E-state index contributed by atoms with van der Waals surface area (Å²) in [4.78, 5) is 2.62. The zero-order valence-corrected chi connectivity index (χ0v) is 11.6. The second-order valence-electron chi connectivity index (χ2n) is 4.33.